The highest BCUT2D eigenvalue weighted by Crippen LogP contribution is 2.40. The van der Waals surface area contributed by atoms with Crippen LogP contribution in [-0.2, 0) is 0 Å². The van der Waals surface area contributed by atoms with Crippen molar-refractivity contribution < 1.29 is 0 Å². The highest BCUT2D eigenvalue weighted by Gasteiger charge is 2.41. The van der Waals surface area contributed by atoms with Crippen molar-refractivity contribution in [2.24, 2.45) is 5.92 Å². The predicted molar refractivity (Wildman–Crippen MR) is 150 cm³/mol. The molecule has 0 bridgehead atoms. The molecule has 1 aromatic carbocycles. The second-order valence-corrected chi connectivity index (χ2v) is 11.1. The lowest BCUT2D eigenvalue weighted by Gasteiger charge is -2.32. The van der Waals surface area contributed by atoms with Gasteiger partial charge >= 0.3 is 0 Å². The van der Waals surface area contributed by atoms with Crippen LogP contribution in [0.1, 0.15) is 24.4 Å². The van der Waals surface area contributed by atoms with Gasteiger partial charge in [0.2, 0.25) is 5.95 Å². The summed E-state index contributed by atoms with van der Waals surface area (Å²) in [6.07, 6.45) is 6.10. The number of para-hydroxylation sites is 1. The molecule has 5 heterocycles. The fourth-order valence-corrected chi connectivity index (χ4v) is 6.36. The molecule has 3 atom stereocenters. The number of aromatic nitrogens is 7. The van der Waals surface area contributed by atoms with Gasteiger partial charge in [0.1, 0.15) is 10.5 Å². The number of nitrogens with zero attached hydrogens (tertiary/aromatic N) is 8. The third kappa shape index (κ3) is 3.99. The first-order chi connectivity index (χ1) is 17.9. The van der Waals surface area contributed by atoms with Gasteiger partial charge in [0.05, 0.1) is 28.2 Å². The van der Waals surface area contributed by atoms with Crippen LogP contribution >= 0.6 is 47.6 Å². The maximum absolute atomic E-state index is 13.8. The van der Waals surface area contributed by atoms with Crippen LogP contribution in [0.4, 0.5) is 5.95 Å². The zero-order chi connectivity index (χ0) is 25.8. The van der Waals surface area contributed by atoms with Gasteiger partial charge < -0.3 is 4.90 Å². The van der Waals surface area contributed by atoms with E-state index in [2.05, 4.69) is 21.9 Å². The molecule has 190 valence electrons. The zero-order valence-corrected chi connectivity index (χ0v) is 23.1. The summed E-state index contributed by atoms with van der Waals surface area (Å²) in [5, 5.41) is 10.3. The molecule has 0 N–H and O–H groups in total. The molecule has 6 rings (SSSR count). The van der Waals surface area contributed by atoms with Gasteiger partial charge in [0.25, 0.3) is 5.56 Å². The van der Waals surface area contributed by atoms with Crippen molar-refractivity contribution in [3.05, 3.63) is 75.0 Å². The molecule has 0 amide bonds. The summed E-state index contributed by atoms with van der Waals surface area (Å²) >= 11 is 19.3. The van der Waals surface area contributed by atoms with E-state index in [1.807, 2.05) is 36.6 Å². The summed E-state index contributed by atoms with van der Waals surface area (Å²) in [6.45, 7) is 2.90. The number of halogens is 2. The second-order valence-electron chi connectivity index (χ2n) is 8.92. The molecule has 0 spiro atoms. The van der Waals surface area contributed by atoms with Crippen LogP contribution in [-0.4, -0.2) is 52.6 Å². The van der Waals surface area contributed by atoms with Gasteiger partial charge in [-0.15, -0.1) is 0 Å². The first kappa shape index (κ1) is 24.6. The van der Waals surface area contributed by atoms with Crippen molar-refractivity contribution in [3.63, 3.8) is 0 Å². The van der Waals surface area contributed by atoms with Gasteiger partial charge in [-0.25, -0.2) is 9.50 Å². The van der Waals surface area contributed by atoms with Crippen molar-refractivity contribution in [3.8, 4) is 5.69 Å². The van der Waals surface area contributed by atoms with Gasteiger partial charge in [-0.2, -0.15) is 32.3 Å². The number of hydrogen-bond donors (Lipinski definition) is 1. The van der Waals surface area contributed by atoms with E-state index in [-0.39, 0.29) is 17.5 Å². The lowest BCUT2D eigenvalue weighted by molar-refractivity contribution is 0.477. The normalized spacial score (nSPS) is 18.8. The number of benzene rings is 1. The van der Waals surface area contributed by atoms with Crippen LogP contribution < -0.4 is 10.5 Å². The minimum absolute atomic E-state index is 0.149. The number of thioether (sulfide) groups is 1. The standard InChI is InChI=1S/C24H22Cl2N8OS2/c1-13-8-10-31(24-29-23(37-2)28-20-16(26)12-27-34(20)24)17(13)19(36)21-30-32-11-9-15(25)18(32)22(35)33(21)14-6-4-3-5-7-14/h3-7,9,11-13,17,19,36H,8,10H2,1-2H3/t13-,17+,19?/m1/s1. The van der Waals surface area contributed by atoms with E-state index in [4.69, 9.17) is 45.9 Å². The van der Waals surface area contributed by atoms with E-state index in [1.165, 1.54) is 16.3 Å². The fourth-order valence-electron chi connectivity index (χ4n) is 5.00. The average Bonchev–Trinajstić information content (AvgIpc) is 3.60. The quantitative estimate of drug-likeness (QED) is 0.238. The molecule has 37 heavy (non-hydrogen) atoms. The van der Waals surface area contributed by atoms with Crippen LogP contribution in [0.3, 0.4) is 0 Å². The third-order valence-electron chi connectivity index (χ3n) is 6.76. The van der Waals surface area contributed by atoms with Crippen molar-refractivity contribution in [1.82, 2.24) is 33.8 Å². The van der Waals surface area contributed by atoms with Crippen LogP contribution in [0.25, 0.3) is 16.9 Å². The molecule has 1 aliphatic heterocycles. The summed E-state index contributed by atoms with van der Waals surface area (Å²) < 4.78 is 4.81. The van der Waals surface area contributed by atoms with Crippen LogP contribution in [0.5, 0.6) is 0 Å². The van der Waals surface area contributed by atoms with E-state index in [0.29, 0.717) is 43.8 Å². The summed E-state index contributed by atoms with van der Waals surface area (Å²) in [4.78, 5) is 25.3. The average molecular weight is 574 g/mol. The molecule has 0 radical (unpaired) electrons. The Labute approximate surface area is 231 Å². The highest BCUT2D eigenvalue weighted by atomic mass is 35.5. The van der Waals surface area contributed by atoms with E-state index in [1.54, 1.807) is 27.5 Å². The van der Waals surface area contributed by atoms with Gasteiger partial charge in [-0.05, 0) is 36.8 Å². The van der Waals surface area contributed by atoms with Crippen molar-refractivity contribution in [2.75, 3.05) is 17.7 Å². The SMILES string of the molecule is CSc1nc(N2CC[C@@H](C)[C@H]2C(S)c2nn3ccc(Cl)c3c(=O)n2-c2ccccc2)n2ncc(Cl)c2n1. The monoisotopic (exact) mass is 572 g/mol. The van der Waals surface area contributed by atoms with E-state index in [0.717, 1.165) is 13.0 Å². The Morgan fingerprint density at radius 1 is 1.14 bits per heavy atom. The first-order valence-corrected chi connectivity index (χ1v) is 14.1. The molecular formula is C24H22Cl2N8OS2. The summed E-state index contributed by atoms with van der Waals surface area (Å²) in [7, 11) is 0. The zero-order valence-electron chi connectivity index (χ0n) is 19.9. The first-order valence-electron chi connectivity index (χ1n) is 11.6. The molecule has 1 saturated heterocycles. The number of anilines is 1. The molecule has 4 aromatic heterocycles. The predicted octanol–water partition coefficient (Wildman–Crippen LogP) is 4.84. The van der Waals surface area contributed by atoms with Crippen LogP contribution in [0.2, 0.25) is 10.0 Å². The molecule has 1 unspecified atom stereocenters. The maximum atomic E-state index is 13.8. The topological polar surface area (TPSA) is 85.6 Å². The van der Waals surface area contributed by atoms with E-state index >= 15 is 0 Å². The lowest BCUT2D eigenvalue weighted by Crippen LogP contribution is -2.40. The number of hydrogen-bond acceptors (Lipinski definition) is 8. The Morgan fingerprint density at radius 3 is 2.68 bits per heavy atom. The summed E-state index contributed by atoms with van der Waals surface area (Å²) in [6, 6.07) is 11.0. The van der Waals surface area contributed by atoms with Crippen molar-refractivity contribution in [1.29, 1.82) is 0 Å². The van der Waals surface area contributed by atoms with E-state index < -0.39 is 5.25 Å². The third-order valence-corrected chi connectivity index (χ3v) is 8.42. The Balaban J connectivity index is 1.54. The molecule has 5 aromatic rings. The summed E-state index contributed by atoms with van der Waals surface area (Å²) in [5.74, 6) is 1.37. The molecule has 1 aliphatic rings. The molecule has 13 heteroatoms. The molecule has 9 nitrogen and oxygen atoms in total. The van der Waals surface area contributed by atoms with Gasteiger partial charge in [0.15, 0.2) is 16.6 Å². The number of thiol groups is 1. The minimum atomic E-state index is -0.454. The maximum Gasteiger partial charge on any atom is 0.284 e. The molecular weight excluding hydrogens is 551 g/mol. The number of fused-ring (bicyclic) bond motifs is 2. The summed E-state index contributed by atoms with van der Waals surface area (Å²) in [5.41, 5.74) is 1.31. The molecule has 1 fully saturated rings. The Hall–Kier alpha value is -2.73. The Kier molecular flexibility index (Phi) is 6.34. The van der Waals surface area contributed by atoms with Gasteiger partial charge in [0, 0.05) is 12.7 Å². The lowest BCUT2D eigenvalue weighted by atomic mass is 9.99. The van der Waals surface area contributed by atoms with Crippen molar-refractivity contribution >= 4 is 64.7 Å². The Morgan fingerprint density at radius 2 is 1.92 bits per heavy atom. The number of rotatable bonds is 5. The second kappa shape index (κ2) is 9.54. The van der Waals surface area contributed by atoms with Gasteiger partial charge in [-0.1, -0.05) is 60.1 Å². The Bertz CT molecular complexity index is 1690. The van der Waals surface area contributed by atoms with Crippen LogP contribution in [0.15, 0.2) is 58.7 Å². The fraction of sp³-hybridized carbons (Fsp3) is 0.292. The highest BCUT2D eigenvalue weighted by molar-refractivity contribution is 7.98. The molecule has 0 aliphatic carbocycles. The van der Waals surface area contributed by atoms with Gasteiger partial charge in [-0.3, -0.25) is 9.36 Å². The van der Waals surface area contributed by atoms with E-state index in [9.17, 15) is 4.79 Å². The van der Waals surface area contributed by atoms with Crippen molar-refractivity contribution in [2.45, 2.75) is 29.8 Å². The van der Waals surface area contributed by atoms with Crippen LogP contribution in [0, 0.1) is 5.92 Å². The molecule has 0 saturated carbocycles. The smallest absolute Gasteiger partial charge is 0.284 e. The largest absolute Gasteiger partial charge is 0.336 e. The minimum Gasteiger partial charge on any atom is -0.336 e.